The van der Waals surface area contributed by atoms with Crippen LogP contribution < -0.4 is 9.62 Å². The first-order valence-electron chi connectivity index (χ1n) is 7.83. The summed E-state index contributed by atoms with van der Waals surface area (Å²) in [4.78, 5) is 12.7. The van der Waals surface area contributed by atoms with E-state index in [4.69, 9.17) is 23.2 Å². The summed E-state index contributed by atoms with van der Waals surface area (Å²) in [6.45, 7) is 5.16. The highest BCUT2D eigenvalue weighted by Gasteiger charge is 2.29. The molecular weight excluding hydrogens is 395 g/mol. The van der Waals surface area contributed by atoms with Crippen LogP contribution in [0.4, 0.5) is 11.4 Å². The lowest BCUT2D eigenvalue weighted by Crippen LogP contribution is -2.45. The van der Waals surface area contributed by atoms with Gasteiger partial charge in [-0.2, -0.15) is 0 Å². The van der Waals surface area contributed by atoms with E-state index >= 15 is 0 Å². The SMILES string of the molecule is Cc1ccc(N([C@H](C)C(=O)Nc2cc(Cl)ccc2C)S(C)(=O)=O)cc1Cl. The van der Waals surface area contributed by atoms with Crippen molar-refractivity contribution in [3.05, 3.63) is 57.6 Å². The van der Waals surface area contributed by atoms with Crippen molar-refractivity contribution < 1.29 is 13.2 Å². The second-order valence-electron chi connectivity index (χ2n) is 6.12. The number of hydrogen-bond donors (Lipinski definition) is 1. The van der Waals surface area contributed by atoms with Crippen LogP contribution in [0.25, 0.3) is 0 Å². The van der Waals surface area contributed by atoms with Gasteiger partial charge in [0.2, 0.25) is 15.9 Å². The molecule has 0 saturated carbocycles. The molecule has 0 spiro atoms. The second kappa shape index (κ2) is 7.86. The highest BCUT2D eigenvalue weighted by Crippen LogP contribution is 2.27. The predicted molar refractivity (Wildman–Crippen MR) is 108 cm³/mol. The second-order valence-corrected chi connectivity index (χ2v) is 8.82. The summed E-state index contributed by atoms with van der Waals surface area (Å²) < 4.78 is 25.7. The van der Waals surface area contributed by atoms with Gasteiger partial charge in [0.25, 0.3) is 0 Å². The highest BCUT2D eigenvalue weighted by atomic mass is 35.5. The minimum absolute atomic E-state index is 0.327. The molecule has 1 N–H and O–H groups in total. The number of carbonyl (C=O) groups excluding carboxylic acids is 1. The van der Waals surface area contributed by atoms with Crippen molar-refractivity contribution in [1.29, 1.82) is 0 Å². The molecule has 140 valence electrons. The number of hydrogen-bond acceptors (Lipinski definition) is 3. The van der Waals surface area contributed by atoms with Gasteiger partial charge in [-0.3, -0.25) is 9.10 Å². The summed E-state index contributed by atoms with van der Waals surface area (Å²) in [6.07, 6.45) is 1.05. The molecule has 0 radical (unpaired) electrons. The molecule has 0 saturated heterocycles. The number of carbonyl (C=O) groups is 1. The van der Waals surface area contributed by atoms with E-state index < -0.39 is 22.0 Å². The zero-order valence-corrected chi connectivity index (χ0v) is 17.2. The van der Waals surface area contributed by atoms with Gasteiger partial charge in [0.05, 0.1) is 11.9 Å². The summed E-state index contributed by atoms with van der Waals surface area (Å²) in [5.41, 5.74) is 2.49. The minimum atomic E-state index is -3.71. The molecule has 0 aliphatic carbocycles. The lowest BCUT2D eigenvalue weighted by atomic mass is 10.2. The van der Waals surface area contributed by atoms with Gasteiger partial charge in [0.1, 0.15) is 6.04 Å². The summed E-state index contributed by atoms with van der Waals surface area (Å²) in [7, 11) is -3.71. The van der Waals surface area contributed by atoms with Crippen molar-refractivity contribution in [1.82, 2.24) is 0 Å². The van der Waals surface area contributed by atoms with E-state index in [1.54, 1.807) is 30.3 Å². The fraction of sp³-hybridized carbons (Fsp3) is 0.278. The Bertz CT molecular complexity index is 945. The van der Waals surface area contributed by atoms with Gasteiger partial charge in [0.15, 0.2) is 0 Å². The standard InChI is InChI=1S/C18H20Cl2N2O3S/c1-11-6-8-15(10-16(11)20)22(26(4,24)25)13(3)18(23)21-17-9-14(19)7-5-12(17)2/h5-10,13H,1-4H3,(H,21,23)/t13-/m1/s1. The van der Waals surface area contributed by atoms with Gasteiger partial charge in [-0.25, -0.2) is 8.42 Å². The molecule has 1 amide bonds. The number of rotatable bonds is 5. The third-order valence-electron chi connectivity index (χ3n) is 3.96. The van der Waals surface area contributed by atoms with Crippen LogP contribution in [0.2, 0.25) is 10.0 Å². The number of benzene rings is 2. The Kier molecular flexibility index (Phi) is 6.21. The third kappa shape index (κ3) is 4.69. The first-order chi connectivity index (χ1) is 12.0. The number of nitrogens with zero attached hydrogens (tertiary/aromatic N) is 1. The van der Waals surface area contributed by atoms with E-state index in [0.29, 0.717) is 21.4 Å². The third-order valence-corrected chi connectivity index (χ3v) is 5.84. The fourth-order valence-electron chi connectivity index (χ4n) is 2.49. The smallest absolute Gasteiger partial charge is 0.248 e. The van der Waals surface area contributed by atoms with E-state index in [1.165, 1.54) is 13.0 Å². The van der Waals surface area contributed by atoms with Crippen LogP contribution in [-0.2, 0) is 14.8 Å². The quantitative estimate of drug-likeness (QED) is 0.787. The summed E-state index contributed by atoms with van der Waals surface area (Å²) in [6, 6.07) is 8.99. The molecule has 26 heavy (non-hydrogen) atoms. The Morgan fingerprint density at radius 2 is 1.69 bits per heavy atom. The van der Waals surface area contributed by atoms with Crippen LogP contribution >= 0.6 is 23.2 Å². The van der Waals surface area contributed by atoms with Crippen LogP contribution in [-0.4, -0.2) is 26.6 Å². The monoisotopic (exact) mass is 414 g/mol. The maximum atomic E-state index is 12.7. The molecule has 2 aromatic carbocycles. The lowest BCUT2D eigenvalue weighted by molar-refractivity contribution is -0.116. The first kappa shape index (κ1) is 20.6. The van der Waals surface area contributed by atoms with E-state index in [0.717, 1.165) is 21.7 Å². The number of nitrogens with one attached hydrogen (secondary N) is 1. The maximum absolute atomic E-state index is 12.7. The normalized spacial score (nSPS) is 12.5. The van der Waals surface area contributed by atoms with E-state index in [-0.39, 0.29) is 0 Å². The Morgan fingerprint density at radius 3 is 2.27 bits per heavy atom. The molecule has 0 aliphatic rings. The first-order valence-corrected chi connectivity index (χ1v) is 10.4. The van der Waals surface area contributed by atoms with Crippen molar-refractivity contribution in [3.63, 3.8) is 0 Å². The average Bonchev–Trinajstić information content (AvgIpc) is 2.53. The molecule has 0 fully saturated rings. The Balaban J connectivity index is 2.37. The largest absolute Gasteiger partial charge is 0.324 e. The molecule has 1 atom stereocenters. The zero-order chi connectivity index (χ0) is 19.6. The van der Waals surface area contributed by atoms with Gasteiger partial charge in [0, 0.05) is 15.7 Å². The molecule has 0 heterocycles. The summed E-state index contributed by atoms with van der Waals surface area (Å²) >= 11 is 12.1. The lowest BCUT2D eigenvalue weighted by Gasteiger charge is -2.28. The number of aryl methyl sites for hydroxylation is 2. The van der Waals surface area contributed by atoms with E-state index in [2.05, 4.69) is 5.32 Å². The Hall–Kier alpha value is -1.76. The van der Waals surface area contributed by atoms with Gasteiger partial charge in [-0.05, 0) is 56.2 Å². The van der Waals surface area contributed by atoms with Gasteiger partial charge in [-0.1, -0.05) is 35.3 Å². The van der Waals surface area contributed by atoms with Crippen molar-refractivity contribution in [2.24, 2.45) is 0 Å². The van der Waals surface area contributed by atoms with Crippen LogP contribution in [0.1, 0.15) is 18.1 Å². The fourth-order valence-corrected chi connectivity index (χ4v) is 4.01. The minimum Gasteiger partial charge on any atom is -0.324 e. The van der Waals surface area contributed by atoms with Crippen LogP contribution in [0.5, 0.6) is 0 Å². The molecule has 5 nitrogen and oxygen atoms in total. The van der Waals surface area contributed by atoms with Crippen molar-refractivity contribution >= 4 is 50.5 Å². The average molecular weight is 415 g/mol. The van der Waals surface area contributed by atoms with E-state index in [9.17, 15) is 13.2 Å². The van der Waals surface area contributed by atoms with Crippen LogP contribution in [0.3, 0.4) is 0 Å². The molecule has 0 aromatic heterocycles. The number of sulfonamides is 1. The number of amides is 1. The zero-order valence-electron chi connectivity index (χ0n) is 14.9. The van der Waals surface area contributed by atoms with Gasteiger partial charge < -0.3 is 5.32 Å². The predicted octanol–water partition coefficient (Wildman–Crippen LogP) is 4.40. The highest BCUT2D eigenvalue weighted by molar-refractivity contribution is 7.92. The van der Waals surface area contributed by atoms with Crippen molar-refractivity contribution in [3.8, 4) is 0 Å². The van der Waals surface area contributed by atoms with Gasteiger partial charge >= 0.3 is 0 Å². The summed E-state index contributed by atoms with van der Waals surface area (Å²) in [5.74, 6) is -0.475. The Morgan fingerprint density at radius 1 is 1.08 bits per heavy atom. The summed E-state index contributed by atoms with van der Waals surface area (Å²) in [5, 5.41) is 3.64. The molecule has 8 heteroatoms. The topological polar surface area (TPSA) is 66.5 Å². The van der Waals surface area contributed by atoms with Crippen LogP contribution in [0.15, 0.2) is 36.4 Å². The molecule has 2 aromatic rings. The van der Waals surface area contributed by atoms with Crippen molar-refractivity contribution in [2.75, 3.05) is 15.9 Å². The molecule has 0 unspecified atom stereocenters. The maximum Gasteiger partial charge on any atom is 0.248 e. The molecular formula is C18H20Cl2N2O3S. The van der Waals surface area contributed by atoms with Crippen molar-refractivity contribution in [2.45, 2.75) is 26.8 Å². The van der Waals surface area contributed by atoms with Crippen LogP contribution in [0, 0.1) is 13.8 Å². The molecule has 0 aliphatic heterocycles. The molecule has 2 rings (SSSR count). The molecule has 0 bridgehead atoms. The van der Waals surface area contributed by atoms with E-state index in [1.807, 2.05) is 13.8 Å². The Labute approximate surface area is 164 Å². The number of halogens is 2. The van der Waals surface area contributed by atoms with Gasteiger partial charge in [-0.15, -0.1) is 0 Å². The number of anilines is 2.